The molecule has 1 unspecified atom stereocenters. The maximum atomic E-state index is 11.2. The summed E-state index contributed by atoms with van der Waals surface area (Å²) in [5.74, 6) is -2.02. The minimum atomic E-state index is -5.61. The first-order chi connectivity index (χ1) is 10.1. The number of hydrogen-bond acceptors (Lipinski definition) is 7. The Hall–Kier alpha value is -0.290. The molecule has 0 fully saturated rings. The van der Waals surface area contributed by atoms with Crippen LogP contribution in [0.1, 0.15) is 0 Å². The molecule has 0 amide bonds. The summed E-state index contributed by atoms with van der Waals surface area (Å²) >= 11 is 0. The lowest BCUT2D eigenvalue weighted by Crippen LogP contribution is -2.42. The molecule has 23 heavy (non-hydrogen) atoms. The van der Waals surface area contributed by atoms with Crippen molar-refractivity contribution in [2.45, 2.75) is 10.9 Å². The second-order valence-electron chi connectivity index (χ2n) is 4.89. The summed E-state index contributed by atoms with van der Waals surface area (Å²) in [4.78, 5) is 55.6. The molecule has 0 saturated heterocycles. The number of aliphatic hydroxyl groups excluding tert-OH is 1. The Morgan fingerprint density at radius 3 is 1.78 bits per heavy atom. The van der Waals surface area contributed by atoms with Gasteiger partial charge in [-0.3, -0.25) is 13.7 Å². The lowest BCUT2D eigenvalue weighted by atomic mass is 10.6. The van der Waals surface area contributed by atoms with E-state index in [0.29, 0.717) is 0 Å². The Balaban J connectivity index is 2.81. The van der Waals surface area contributed by atoms with Crippen LogP contribution in [0.25, 0.3) is 0 Å². The zero-order valence-electron chi connectivity index (χ0n) is 11.4. The topological polar surface area (TPSA) is 220 Å². The summed E-state index contributed by atoms with van der Waals surface area (Å²) in [7, 11) is -16.0. The molecule has 0 bridgehead atoms. The predicted molar refractivity (Wildman–Crippen MR) is 74.5 cm³/mol. The van der Waals surface area contributed by atoms with Crippen LogP contribution < -0.4 is 0 Å². The summed E-state index contributed by atoms with van der Waals surface area (Å²) in [5, 5.41) is 15.4. The lowest BCUT2D eigenvalue weighted by Gasteiger charge is -2.33. The number of rotatable bonds is 7. The number of nitrogens with zero attached hydrogens (tertiary/aromatic N) is 2. The van der Waals surface area contributed by atoms with Crippen LogP contribution in [0.2, 0.25) is 0 Å². The fourth-order valence-electron chi connectivity index (χ4n) is 1.68. The molecule has 1 aliphatic heterocycles. The van der Waals surface area contributed by atoms with Crippen molar-refractivity contribution in [1.29, 1.82) is 0 Å². The molecule has 0 aromatic carbocycles. The minimum Gasteiger partial charge on any atom is -0.379 e. The van der Waals surface area contributed by atoms with Crippen LogP contribution in [0.4, 0.5) is 0 Å². The molecule has 0 aliphatic carbocycles. The van der Waals surface area contributed by atoms with Crippen molar-refractivity contribution in [1.82, 2.24) is 9.80 Å². The van der Waals surface area contributed by atoms with Gasteiger partial charge in [-0.05, 0) is 0 Å². The first-order valence-electron chi connectivity index (χ1n) is 5.81. The van der Waals surface area contributed by atoms with Gasteiger partial charge in [0.05, 0.1) is 19.8 Å². The van der Waals surface area contributed by atoms with Gasteiger partial charge >= 0.3 is 22.8 Å². The normalized spacial score (nSPS) is 18.6. The Bertz CT molecular complexity index is 583. The molecule has 1 atom stereocenters. The highest BCUT2D eigenvalue weighted by Gasteiger charge is 2.60. The van der Waals surface area contributed by atoms with E-state index in [9.17, 15) is 23.9 Å². The van der Waals surface area contributed by atoms with Gasteiger partial charge < -0.3 is 49.4 Å². The fraction of sp³-hybridized carbons (Fsp3) is 0.714. The molecule has 8 N–H and O–H groups in total. The molecule has 0 aromatic rings. The highest BCUT2D eigenvalue weighted by Crippen LogP contribution is 2.67. The molecular formula is C7H17N2O11P3. The van der Waals surface area contributed by atoms with Crippen LogP contribution in [0.3, 0.4) is 0 Å². The van der Waals surface area contributed by atoms with Gasteiger partial charge in [0, 0.05) is 12.4 Å². The second-order valence-corrected chi connectivity index (χ2v) is 10.7. The average Bonchev–Trinajstić information content (AvgIpc) is 2.72. The van der Waals surface area contributed by atoms with Gasteiger partial charge in [0.1, 0.15) is 0 Å². The monoisotopic (exact) mass is 398 g/mol. The number of β-amino-alcohol motifs (C(OH)–C–C–N with tert-alkyl or cyclic N) is 2. The molecule has 13 nitrogen and oxygen atoms in total. The van der Waals surface area contributed by atoms with E-state index in [1.807, 2.05) is 0 Å². The second kappa shape index (κ2) is 6.55. The highest BCUT2D eigenvalue weighted by atomic mass is 31.2. The molecule has 16 heteroatoms. The van der Waals surface area contributed by atoms with E-state index in [0.717, 1.165) is 16.0 Å². The molecule has 0 spiro atoms. The standard InChI is InChI=1S/C7H17N2O11P3/c10-6(21(12,13)14)3-8-1-2-9(5-8)4-7(11,22(15,16)17)23(18,19)20/h1-2,6,10-11H,3-5H2,(H2,12,13,14)(H2,15,16,17)(H2,18,19,20). The van der Waals surface area contributed by atoms with Gasteiger partial charge in [-0.15, -0.1) is 0 Å². The maximum Gasteiger partial charge on any atom is 0.371 e. The van der Waals surface area contributed by atoms with E-state index >= 15 is 0 Å². The quantitative estimate of drug-likeness (QED) is 0.209. The summed E-state index contributed by atoms with van der Waals surface area (Å²) in [6.45, 7) is -2.00. The van der Waals surface area contributed by atoms with Gasteiger partial charge in [0.15, 0.2) is 5.85 Å². The zero-order chi connectivity index (χ0) is 18.3. The number of hydrogen-bond donors (Lipinski definition) is 8. The van der Waals surface area contributed by atoms with Crippen LogP contribution in [-0.2, 0) is 13.7 Å². The molecule has 0 saturated carbocycles. The highest BCUT2D eigenvalue weighted by molar-refractivity contribution is 7.72. The summed E-state index contributed by atoms with van der Waals surface area (Å²) in [6.07, 6.45) is 2.25. The summed E-state index contributed by atoms with van der Waals surface area (Å²) in [6, 6.07) is 0. The molecular weight excluding hydrogens is 381 g/mol. The van der Waals surface area contributed by atoms with Gasteiger partial charge in [-0.1, -0.05) is 0 Å². The Morgan fingerprint density at radius 2 is 1.39 bits per heavy atom. The van der Waals surface area contributed by atoms with Crippen LogP contribution >= 0.6 is 22.8 Å². The van der Waals surface area contributed by atoms with Gasteiger partial charge in [0.2, 0.25) is 0 Å². The number of aliphatic hydroxyl groups is 2. The molecule has 0 aromatic heterocycles. The third kappa shape index (κ3) is 4.85. The third-order valence-electron chi connectivity index (χ3n) is 2.99. The lowest BCUT2D eigenvalue weighted by molar-refractivity contribution is 0.0902. The van der Waals surface area contributed by atoms with E-state index in [-0.39, 0.29) is 6.67 Å². The molecule has 1 heterocycles. The van der Waals surface area contributed by atoms with Crippen molar-refractivity contribution in [2.75, 3.05) is 19.8 Å². The Labute approximate surface area is 129 Å². The fourth-order valence-corrected chi connectivity index (χ4v) is 4.19. The van der Waals surface area contributed by atoms with Crippen LogP contribution in [0, 0.1) is 0 Å². The molecule has 0 radical (unpaired) electrons. The molecule has 136 valence electrons. The molecule has 1 aliphatic rings. The Morgan fingerprint density at radius 1 is 0.957 bits per heavy atom. The smallest absolute Gasteiger partial charge is 0.371 e. The van der Waals surface area contributed by atoms with Crippen LogP contribution in [0.5, 0.6) is 0 Å². The molecule has 1 rings (SSSR count). The van der Waals surface area contributed by atoms with Crippen molar-refractivity contribution in [3.05, 3.63) is 12.4 Å². The van der Waals surface area contributed by atoms with E-state index in [1.165, 1.54) is 6.20 Å². The van der Waals surface area contributed by atoms with Crippen molar-refractivity contribution in [2.24, 2.45) is 0 Å². The first kappa shape index (κ1) is 20.8. The van der Waals surface area contributed by atoms with Crippen molar-refractivity contribution < 1.29 is 53.3 Å². The van der Waals surface area contributed by atoms with Gasteiger partial charge in [-0.2, -0.15) is 0 Å². The van der Waals surface area contributed by atoms with E-state index in [1.54, 1.807) is 0 Å². The van der Waals surface area contributed by atoms with E-state index in [4.69, 9.17) is 29.4 Å². The first-order valence-corrected chi connectivity index (χ1v) is 10.7. The summed E-state index contributed by atoms with van der Waals surface area (Å²) < 4.78 is 33.3. The van der Waals surface area contributed by atoms with Crippen molar-refractivity contribution in [3.8, 4) is 0 Å². The Kier molecular flexibility index (Phi) is 5.91. The van der Waals surface area contributed by atoms with Crippen LogP contribution in [0.15, 0.2) is 12.4 Å². The predicted octanol–water partition coefficient (Wildman–Crippen LogP) is -2.47. The SMILES string of the molecule is O=P(O)(O)C(O)CN1C=CN(CC(O)(P(=O)(O)O)P(=O)(O)O)C1. The average molecular weight is 398 g/mol. The maximum absolute atomic E-state index is 11.2. The van der Waals surface area contributed by atoms with E-state index < -0.39 is 46.8 Å². The largest absolute Gasteiger partial charge is 0.379 e. The van der Waals surface area contributed by atoms with Gasteiger partial charge in [-0.25, -0.2) is 0 Å². The summed E-state index contributed by atoms with van der Waals surface area (Å²) in [5.41, 5.74) is 0. The van der Waals surface area contributed by atoms with Crippen molar-refractivity contribution >= 4 is 22.8 Å². The third-order valence-corrected chi connectivity index (χ3v) is 7.64. The zero-order valence-corrected chi connectivity index (χ0v) is 14.1. The van der Waals surface area contributed by atoms with Crippen molar-refractivity contribution in [3.63, 3.8) is 0 Å². The van der Waals surface area contributed by atoms with Crippen LogP contribution in [-0.4, -0.2) is 80.1 Å². The van der Waals surface area contributed by atoms with E-state index in [2.05, 4.69) is 0 Å². The minimum absolute atomic E-state index is 0.320. The van der Waals surface area contributed by atoms with Gasteiger partial charge in [0.25, 0.3) is 5.08 Å².